The van der Waals surface area contributed by atoms with E-state index in [2.05, 4.69) is 33.2 Å². The van der Waals surface area contributed by atoms with Crippen LogP contribution in [0, 0.1) is 13.8 Å². The number of ether oxygens (including phenoxy) is 4. The van der Waals surface area contributed by atoms with Crippen LogP contribution < -0.4 is 18.9 Å². The van der Waals surface area contributed by atoms with E-state index in [0.717, 1.165) is 50.3 Å². The van der Waals surface area contributed by atoms with Crippen molar-refractivity contribution in [2.24, 2.45) is 15.0 Å². The summed E-state index contributed by atoms with van der Waals surface area (Å²) in [7, 11) is 0. The van der Waals surface area contributed by atoms with E-state index in [9.17, 15) is 42.9 Å². The van der Waals surface area contributed by atoms with Gasteiger partial charge in [0, 0.05) is 16.7 Å². The summed E-state index contributed by atoms with van der Waals surface area (Å²) in [6.07, 6.45) is 4.88. The maximum absolute atomic E-state index is 13.8. The van der Waals surface area contributed by atoms with Crippen LogP contribution in [-0.2, 0) is 0 Å². The maximum atomic E-state index is 13.8. The lowest BCUT2D eigenvalue weighted by Crippen LogP contribution is -2.02. The molecule has 89 heavy (non-hydrogen) atoms. The molecule has 0 spiro atoms. The third-order valence-electron chi connectivity index (χ3n) is 14.2. The number of aryl methyl sites for hydroxylation is 2. The van der Waals surface area contributed by atoms with Crippen LogP contribution in [0.3, 0.4) is 0 Å². The summed E-state index contributed by atoms with van der Waals surface area (Å²) in [6, 6.07) is 59.8. The molecule has 0 aromatic heterocycles. The first kappa shape index (κ1) is 60.7. The lowest BCUT2D eigenvalue weighted by Gasteiger charge is -2.12. The van der Waals surface area contributed by atoms with Crippen LogP contribution in [0.5, 0.6) is 40.2 Å². The fraction of sp³-hybridized carbons (Fsp3) is 0.0959. The van der Waals surface area contributed by atoms with Gasteiger partial charge >= 0.3 is 17.9 Å². The molecule has 444 valence electrons. The Balaban J connectivity index is 0.000000147. The standard InChI is InChI=1S/C25H20FNO4.C25H20FNO3.C23H16FNO3/c1-2-30-19-9-6-16(7-10-19)17-4-3-5-20(14-17)31-23-11-8-18(15-22(23)25(28)29)21-12-13-27-24(21)26;1-15-10-16(2)12-19(11-15)17-4-3-5-20(13-17)30-23-7-6-18(14-22(23)25(28)29)21-8-9-27-24(21)26;24-22-19(11-12-25-22)17-9-10-21(20(14-17)23(26)27)28-18-8-4-7-16(13-18)15-5-2-1-3-6-15/h3-12,14-15H,2,13H2,1H3,(H,28,29);3-8,10-14H,9H2,1-2H3,(H,28,29);1-11,13-14H,12H2,(H,26,27). The third-order valence-corrected chi connectivity index (χ3v) is 14.2. The number of rotatable bonds is 17. The summed E-state index contributed by atoms with van der Waals surface area (Å²) in [5.74, 6) is -2.31. The highest BCUT2D eigenvalue weighted by atomic mass is 19.1. The summed E-state index contributed by atoms with van der Waals surface area (Å²) in [5, 5.41) is 28.9. The summed E-state index contributed by atoms with van der Waals surface area (Å²) in [4.78, 5) is 46.4. The van der Waals surface area contributed by atoms with Crippen LogP contribution in [0.4, 0.5) is 13.2 Å². The summed E-state index contributed by atoms with van der Waals surface area (Å²) in [5.41, 5.74) is 10.4. The number of carboxylic acids is 3. The minimum atomic E-state index is -1.16. The number of hydrogen-bond acceptors (Lipinski definition) is 10. The minimum absolute atomic E-state index is 0.0371. The smallest absolute Gasteiger partial charge is 0.339 e. The van der Waals surface area contributed by atoms with Crippen molar-refractivity contribution in [3.05, 3.63) is 263 Å². The average Bonchev–Trinajstić information content (AvgIpc) is 2.35. The molecule has 12 rings (SSSR count). The Kier molecular flexibility index (Phi) is 18.9. The number of nitrogens with zero attached hydrogens (tertiary/aromatic N) is 3. The molecule has 16 heteroatoms. The Hall–Kier alpha value is -11.4. The number of aliphatic imine (C=N–C) groups is 3. The molecule has 0 saturated heterocycles. The van der Waals surface area contributed by atoms with E-state index in [1.165, 1.54) is 24.3 Å². The van der Waals surface area contributed by atoms with Crippen molar-refractivity contribution in [1.82, 2.24) is 0 Å². The van der Waals surface area contributed by atoms with Gasteiger partial charge in [-0.15, -0.1) is 0 Å². The zero-order valence-electron chi connectivity index (χ0n) is 48.3. The molecule has 9 aromatic rings. The SMILES string of the molecule is CCOc1ccc(-c2cccc(Oc3ccc(C4=CCN=C4F)cc3C(=O)O)c2)cc1.Cc1cc(C)cc(-c2cccc(Oc3ccc(C4=CCN=C4F)cc3C(=O)O)c2)c1.O=C(O)c1cc(C2=CCN=C2F)ccc1Oc1cccc(-c2ccccc2)c1. The molecule has 0 saturated carbocycles. The van der Waals surface area contributed by atoms with Gasteiger partial charge in [-0.25, -0.2) is 14.4 Å². The molecule has 0 unspecified atom stereocenters. The second-order valence-corrected chi connectivity index (χ2v) is 20.4. The number of allylic oxidation sites excluding steroid dienone is 3. The molecule has 0 amide bonds. The number of benzene rings is 9. The molecule has 3 aliphatic rings. The topological polar surface area (TPSA) is 186 Å². The van der Waals surface area contributed by atoms with Crippen LogP contribution in [0.2, 0.25) is 0 Å². The van der Waals surface area contributed by atoms with Gasteiger partial charge in [-0.1, -0.05) is 145 Å². The molecule has 3 aliphatic heterocycles. The molecular formula is C73H56F3N3O10. The lowest BCUT2D eigenvalue weighted by atomic mass is 10.0. The first-order valence-electron chi connectivity index (χ1n) is 28.1. The van der Waals surface area contributed by atoms with Crippen molar-refractivity contribution in [1.29, 1.82) is 0 Å². The number of carbonyl (C=O) groups is 3. The van der Waals surface area contributed by atoms with Crippen molar-refractivity contribution in [3.8, 4) is 73.6 Å². The highest BCUT2D eigenvalue weighted by Crippen LogP contribution is 2.37. The molecular weight excluding hydrogens is 1140 g/mol. The average molecular weight is 1190 g/mol. The zero-order chi connectivity index (χ0) is 62.6. The Labute approximate surface area is 510 Å². The van der Waals surface area contributed by atoms with Gasteiger partial charge in [0.25, 0.3) is 0 Å². The van der Waals surface area contributed by atoms with Gasteiger partial charge in [0.05, 0.1) is 26.2 Å². The van der Waals surface area contributed by atoms with Crippen molar-refractivity contribution >= 4 is 52.5 Å². The zero-order valence-corrected chi connectivity index (χ0v) is 48.3. The number of carboxylic acid groups (broad SMARTS) is 3. The first-order chi connectivity index (χ1) is 43.1. The molecule has 0 fully saturated rings. The Bertz CT molecular complexity index is 4360. The molecule has 0 radical (unpaired) electrons. The normalized spacial score (nSPS) is 13.0. The summed E-state index contributed by atoms with van der Waals surface area (Å²) < 4.78 is 64.5. The van der Waals surface area contributed by atoms with Crippen molar-refractivity contribution < 1.29 is 61.8 Å². The molecule has 0 aliphatic carbocycles. The molecule has 3 heterocycles. The van der Waals surface area contributed by atoms with Crippen LogP contribution in [0.15, 0.2) is 233 Å². The number of aromatic carboxylic acids is 3. The monoisotopic (exact) mass is 1190 g/mol. The maximum Gasteiger partial charge on any atom is 0.339 e. The predicted molar refractivity (Wildman–Crippen MR) is 341 cm³/mol. The van der Waals surface area contributed by atoms with Crippen molar-refractivity contribution in [2.75, 3.05) is 26.2 Å². The van der Waals surface area contributed by atoms with Crippen LogP contribution in [0.1, 0.15) is 65.8 Å². The van der Waals surface area contributed by atoms with Gasteiger partial charge in [0.2, 0.25) is 17.9 Å². The fourth-order valence-electron chi connectivity index (χ4n) is 10.0. The molecule has 9 aromatic carbocycles. The summed E-state index contributed by atoms with van der Waals surface area (Å²) in [6.45, 7) is 7.39. The van der Waals surface area contributed by atoms with E-state index in [1.807, 2.05) is 130 Å². The largest absolute Gasteiger partial charge is 0.494 e. The van der Waals surface area contributed by atoms with E-state index < -0.39 is 35.8 Å². The van der Waals surface area contributed by atoms with E-state index in [-0.39, 0.29) is 53.6 Å². The van der Waals surface area contributed by atoms with E-state index in [4.69, 9.17) is 18.9 Å². The number of hydrogen-bond donors (Lipinski definition) is 3. The Morgan fingerprint density at radius 3 is 1.04 bits per heavy atom. The Morgan fingerprint density at radius 2 is 0.708 bits per heavy atom. The summed E-state index contributed by atoms with van der Waals surface area (Å²) >= 11 is 0. The second kappa shape index (κ2) is 27.8. The minimum Gasteiger partial charge on any atom is -0.494 e. The quantitative estimate of drug-likeness (QED) is 0.0792. The van der Waals surface area contributed by atoms with Gasteiger partial charge in [-0.2, -0.15) is 13.2 Å². The van der Waals surface area contributed by atoms with Crippen LogP contribution in [-0.4, -0.2) is 77.4 Å². The van der Waals surface area contributed by atoms with E-state index in [1.54, 1.807) is 66.8 Å². The van der Waals surface area contributed by atoms with Crippen molar-refractivity contribution in [3.63, 3.8) is 0 Å². The first-order valence-corrected chi connectivity index (χ1v) is 28.1. The van der Waals surface area contributed by atoms with E-state index in [0.29, 0.717) is 57.3 Å². The van der Waals surface area contributed by atoms with Gasteiger partial charge in [0.15, 0.2) is 0 Å². The van der Waals surface area contributed by atoms with Crippen LogP contribution in [0.25, 0.3) is 50.1 Å². The molecule has 0 bridgehead atoms. The molecule has 0 atom stereocenters. The fourth-order valence-corrected chi connectivity index (χ4v) is 10.0. The lowest BCUT2D eigenvalue weighted by molar-refractivity contribution is 0.0683. The van der Waals surface area contributed by atoms with Crippen LogP contribution >= 0.6 is 0 Å². The highest BCUT2D eigenvalue weighted by Gasteiger charge is 2.23. The van der Waals surface area contributed by atoms with E-state index >= 15 is 0 Å². The Morgan fingerprint density at radius 1 is 0.371 bits per heavy atom. The van der Waals surface area contributed by atoms with Gasteiger partial charge < -0.3 is 34.3 Å². The third kappa shape index (κ3) is 15.0. The number of halogens is 3. The molecule has 13 nitrogen and oxygen atoms in total. The van der Waals surface area contributed by atoms with Gasteiger partial charge in [-0.05, 0) is 156 Å². The second-order valence-electron chi connectivity index (χ2n) is 20.4. The van der Waals surface area contributed by atoms with Crippen molar-refractivity contribution in [2.45, 2.75) is 20.8 Å². The molecule has 3 N–H and O–H groups in total. The highest BCUT2D eigenvalue weighted by molar-refractivity contribution is 6.22. The van der Waals surface area contributed by atoms with Gasteiger partial charge in [0.1, 0.15) is 56.9 Å². The van der Waals surface area contributed by atoms with Gasteiger partial charge in [-0.3, -0.25) is 15.0 Å². The predicted octanol–water partition coefficient (Wildman–Crippen LogP) is 17.8.